The molecule has 1 saturated carbocycles. The molecule has 2 rings (SSSR count). The molecule has 9 nitrogen and oxygen atoms in total. The van der Waals surface area contributed by atoms with E-state index in [9.17, 15) is 9.59 Å². The van der Waals surface area contributed by atoms with E-state index < -0.39 is 6.04 Å². The molecular formula is C26H41N7O2. The Labute approximate surface area is 210 Å². The molecule has 0 bridgehead atoms. The average molecular weight is 484 g/mol. The Morgan fingerprint density at radius 2 is 2.06 bits per heavy atom. The number of aromatic nitrogens is 2. The van der Waals surface area contributed by atoms with Gasteiger partial charge in [-0.25, -0.2) is 4.98 Å². The minimum absolute atomic E-state index is 0.0476. The van der Waals surface area contributed by atoms with E-state index in [1.54, 1.807) is 33.3 Å². The van der Waals surface area contributed by atoms with Crippen LogP contribution < -0.4 is 16.0 Å². The summed E-state index contributed by atoms with van der Waals surface area (Å²) in [5, 5.41) is 9.41. The molecule has 0 unspecified atom stereocenters. The van der Waals surface area contributed by atoms with Crippen molar-refractivity contribution in [3.8, 4) is 11.8 Å². The molecule has 1 aliphatic rings. The molecule has 0 radical (unpaired) electrons. The largest absolute Gasteiger partial charge is 0.369 e. The van der Waals surface area contributed by atoms with Gasteiger partial charge in [-0.05, 0) is 46.7 Å². The van der Waals surface area contributed by atoms with Crippen molar-refractivity contribution >= 4 is 23.6 Å². The SMILES string of the molecule is CCCNc1nc(NC)ncc1C#C[C@@H]1CCC[C@H](NC(=O)[C@H](C)N(C)C(=O)C=CCN(C)C)C1. The molecule has 1 aromatic rings. The van der Waals surface area contributed by atoms with Crippen LogP contribution in [0.25, 0.3) is 0 Å². The number of carbonyl (C=O) groups is 2. The Morgan fingerprint density at radius 1 is 1.29 bits per heavy atom. The second-order valence-corrected chi connectivity index (χ2v) is 9.26. The molecule has 0 aliphatic heterocycles. The van der Waals surface area contributed by atoms with Crippen molar-refractivity contribution in [1.29, 1.82) is 0 Å². The fraction of sp³-hybridized carbons (Fsp3) is 0.615. The van der Waals surface area contributed by atoms with Gasteiger partial charge in [-0.1, -0.05) is 31.3 Å². The van der Waals surface area contributed by atoms with Crippen molar-refractivity contribution in [3.05, 3.63) is 23.9 Å². The number of likely N-dealkylation sites (N-methyl/N-ethyl adjacent to an activating group) is 2. The lowest BCUT2D eigenvalue weighted by atomic mass is 9.86. The molecule has 1 aromatic heterocycles. The number of hydrogen-bond acceptors (Lipinski definition) is 7. The Morgan fingerprint density at radius 3 is 2.74 bits per heavy atom. The summed E-state index contributed by atoms with van der Waals surface area (Å²) in [6.45, 7) is 5.34. The van der Waals surface area contributed by atoms with Gasteiger partial charge in [0.15, 0.2) is 0 Å². The van der Waals surface area contributed by atoms with E-state index in [2.05, 4.69) is 44.7 Å². The van der Waals surface area contributed by atoms with Crippen LogP contribution in [0.5, 0.6) is 0 Å². The molecule has 192 valence electrons. The summed E-state index contributed by atoms with van der Waals surface area (Å²) in [6.07, 6.45) is 9.75. The van der Waals surface area contributed by atoms with Gasteiger partial charge in [0.1, 0.15) is 11.9 Å². The zero-order valence-corrected chi connectivity index (χ0v) is 22.0. The Hall–Kier alpha value is -3.12. The van der Waals surface area contributed by atoms with Crippen LogP contribution >= 0.6 is 0 Å². The third-order valence-corrected chi connectivity index (χ3v) is 6.03. The first-order valence-electron chi connectivity index (χ1n) is 12.4. The van der Waals surface area contributed by atoms with Crippen molar-refractivity contribution in [2.75, 3.05) is 51.9 Å². The summed E-state index contributed by atoms with van der Waals surface area (Å²) in [7, 11) is 7.32. The van der Waals surface area contributed by atoms with Gasteiger partial charge >= 0.3 is 0 Å². The quantitative estimate of drug-likeness (QED) is 0.347. The fourth-order valence-electron chi connectivity index (χ4n) is 3.77. The van der Waals surface area contributed by atoms with Gasteiger partial charge < -0.3 is 25.8 Å². The molecule has 0 aromatic carbocycles. The zero-order chi connectivity index (χ0) is 25.8. The molecule has 2 amide bonds. The number of nitrogens with one attached hydrogen (secondary N) is 3. The summed E-state index contributed by atoms with van der Waals surface area (Å²) in [6, 6.07) is -0.501. The van der Waals surface area contributed by atoms with Crippen LogP contribution in [-0.2, 0) is 9.59 Å². The topological polar surface area (TPSA) is 102 Å². The van der Waals surface area contributed by atoms with Gasteiger partial charge in [-0.3, -0.25) is 9.59 Å². The summed E-state index contributed by atoms with van der Waals surface area (Å²) in [5.41, 5.74) is 0.777. The van der Waals surface area contributed by atoms with Gasteiger partial charge in [-0.2, -0.15) is 4.98 Å². The van der Waals surface area contributed by atoms with Crippen molar-refractivity contribution in [2.24, 2.45) is 5.92 Å². The standard InChI is InChI=1S/C26H41N7O2/c1-7-15-28-24-21(18-29-26(27-3)31-24)14-13-20-10-8-11-22(17-20)30-25(35)19(2)33(6)23(34)12-9-16-32(4)5/h9,12,18-20,22H,7-8,10-11,15-17H2,1-6H3,(H,30,35)(H2,27,28,29,31)/t19-,20-,22-/m0/s1. The summed E-state index contributed by atoms with van der Waals surface area (Å²) >= 11 is 0. The van der Waals surface area contributed by atoms with Crippen LogP contribution in [0.4, 0.5) is 11.8 Å². The van der Waals surface area contributed by atoms with E-state index >= 15 is 0 Å². The average Bonchev–Trinajstić information content (AvgIpc) is 2.85. The number of nitrogens with zero attached hydrogens (tertiary/aromatic N) is 4. The van der Waals surface area contributed by atoms with E-state index in [-0.39, 0.29) is 23.8 Å². The predicted octanol–water partition coefficient (Wildman–Crippen LogP) is 2.33. The highest BCUT2D eigenvalue weighted by Crippen LogP contribution is 2.24. The Balaban J connectivity index is 1.97. The van der Waals surface area contributed by atoms with Gasteiger partial charge in [-0.15, -0.1) is 0 Å². The highest BCUT2D eigenvalue weighted by atomic mass is 16.2. The molecular weight excluding hydrogens is 442 g/mol. The summed E-state index contributed by atoms with van der Waals surface area (Å²) < 4.78 is 0. The molecule has 0 spiro atoms. The second-order valence-electron chi connectivity index (χ2n) is 9.26. The normalized spacial score (nSPS) is 18.5. The van der Waals surface area contributed by atoms with Crippen LogP contribution in [0.15, 0.2) is 18.3 Å². The van der Waals surface area contributed by atoms with E-state index in [0.29, 0.717) is 12.5 Å². The number of anilines is 2. The zero-order valence-electron chi connectivity index (χ0n) is 22.0. The van der Waals surface area contributed by atoms with Crippen LogP contribution in [0, 0.1) is 17.8 Å². The molecule has 1 fully saturated rings. The number of amides is 2. The van der Waals surface area contributed by atoms with E-state index in [0.717, 1.165) is 50.0 Å². The molecule has 1 aliphatic carbocycles. The van der Waals surface area contributed by atoms with E-state index in [4.69, 9.17) is 0 Å². The molecule has 1 heterocycles. The lowest BCUT2D eigenvalue weighted by Crippen LogP contribution is -2.49. The van der Waals surface area contributed by atoms with Gasteiger partial charge in [0.05, 0.1) is 11.8 Å². The number of hydrogen-bond donors (Lipinski definition) is 3. The van der Waals surface area contributed by atoms with Crippen LogP contribution in [0.2, 0.25) is 0 Å². The lowest BCUT2D eigenvalue weighted by Gasteiger charge is -2.30. The monoisotopic (exact) mass is 483 g/mol. The lowest BCUT2D eigenvalue weighted by molar-refractivity contribution is -0.135. The minimum atomic E-state index is -0.548. The third-order valence-electron chi connectivity index (χ3n) is 6.03. The van der Waals surface area contributed by atoms with Crippen LogP contribution in [-0.4, -0.2) is 84.9 Å². The van der Waals surface area contributed by atoms with Gasteiger partial charge in [0.2, 0.25) is 17.8 Å². The smallest absolute Gasteiger partial charge is 0.246 e. The predicted molar refractivity (Wildman–Crippen MR) is 141 cm³/mol. The number of rotatable bonds is 10. The van der Waals surface area contributed by atoms with E-state index in [1.807, 2.05) is 19.0 Å². The molecule has 9 heteroatoms. The van der Waals surface area contributed by atoms with Gasteiger partial charge in [0, 0.05) is 45.2 Å². The molecule has 35 heavy (non-hydrogen) atoms. The highest BCUT2D eigenvalue weighted by molar-refractivity contribution is 5.92. The maximum absolute atomic E-state index is 12.8. The van der Waals surface area contributed by atoms with Crippen LogP contribution in [0.3, 0.4) is 0 Å². The van der Waals surface area contributed by atoms with Crippen LogP contribution in [0.1, 0.15) is 51.5 Å². The first-order chi connectivity index (χ1) is 16.7. The van der Waals surface area contributed by atoms with Crippen molar-refractivity contribution in [1.82, 2.24) is 25.1 Å². The van der Waals surface area contributed by atoms with Crippen molar-refractivity contribution in [2.45, 2.75) is 58.0 Å². The minimum Gasteiger partial charge on any atom is -0.369 e. The third kappa shape index (κ3) is 9.21. The maximum atomic E-state index is 12.8. The maximum Gasteiger partial charge on any atom is 0.246 e. The summed E-state index contributed by atoms with van der Waals surface area (Å²) in [4.78, 5) is 37.4. The second kappa shape index (κ2) is 14.3. The first kappa shape index (κ1) is 28.1. The Bertz CT molecular complexity index is 935. The number of carbonyl (C=O) groups excluding carboxylic acids is 2. The van der Waals surface area contributed by atoms with Gasteiger partial charge in [0.25, 0.3) is 0 Å². The van der Waals surface area contributed by atoms with Crippen molar-refractivity contribution in [3.63, 3.8) is 0 Å². The molecule has 3 N–H and O–H groups in total. The Kier molecular flexibility index (Phi) is 11.5. The molecule has 3 atom stereocenters. The first-order valence-corrected chi connectivity index (χ1v) is 12.4. The summed E-state index contributed by atoms with van der Waals surface area (Å²) in [5.74, 6) is 7.79. The molecule has 0 saturated heterocycles. The fourth-order valence-corrected chi connectivity index (χ4v) is 3.77. The van der Waals surface area contributed by atoms with E-state index in [1.165, 1.54) is 11.0 Å². The highest BCUT2D eigenvalue weighted by Gasteiger charge is 2.26. The van der Waals surface area contributed by atoms with Crippen molar-refractivity contribution < 1.29 is 9.59 Å².